The number of nitrogens with two attached hydrogens (primary N) is 1. The van der Waals surface area contributed by atoms with Gasteiger partial charge < -0.3 is 26.2 Å². The van der Waals surface area contributed by atoms with Crippen LogP contribution in [0.5, 0.6) is 0 Å². The van der Waals surface area contributed by atoms with Crippen LogP contribution in [-0.4, -0.2) is 53.6 Å². The van der Waals surface area contributed by atoms with E-state index >= 15 is 0 Å². The molecule has 1 rings (SSSR count). The van der Waals surface area contributed by atoms with Crippen LogP contribution in [0, 0.1) is 11.3 Å². The van der Waals surface area contributed by atoms with Crippen molar-refractivity contribution in [2.45, 2.75) is 64.6 Å². The number of rotatable bonds is 7. The van der Waals surface area contributed by atoms with Crippen molar-refractivity contribution >= 4 is 23.8 Å². The van der Waals surface area contributed by atoms with E-state index in [-0.39, 0.29) is 17.4 Å². The maximum atomic E-state index is 12.9. The van der Waals surface area contributed by atoms with Crippen LogP contribution in [0.2, 0.25) is 0 Å². The minimum atomic E-state index is -2.01. The number of amides is 2. The summed E-state index contributed by atoms with van der Waals surface area (Å²) in [6.07, 6.45) is 1.23. The highest BCUT2D eigenvalue weighted by Crippen LogP contribution is 2.41. The molecule has 0 bridgehead atoms. The number of carbonyl (C=O) groups is 4. The van der Waals surface area contributed by atoms with Crippen LogP contribution in [0.15, 0.2) is 0 Å². The first-order chi connectivity index (χ1) is 11.8. The molecule has 0 aromatic rings. The second-order valence-electron chi connectivity index (χ2n) is 7.77. The van der Waals surface area contributed by atoms with E-state index in [0.29, 0.717) is 0 Å². The summed E-state index contributed by atoms with van der Waals surface area (Å²) in [6.45, 7) is 7.28. The minimum Gasteiger partial charge on any atom is -0.481 e. The van der Waals surface area contributed by atoms with Crippen LogP contribution in [0.4, 0.5) is 0 Å². The molecule has 1 aliphatic rings. The Bertz CT molecular complexity index is 591. The highest BCUT2D eigenvalue weighted by atomic mass is 16.5. The molecule has 0 spiro atoms. The van der Waals surface area contributed by atoms with E-state index in [1.165, 1.54) is 6.92 Å². The van der Waals surface area contributed by atoms with E-state index in [1.54, 1.807) is 0 Å². The number of carboxylic acids is 1. The van der Waals surface area contributed by atoms with Gasteiger partial charge in [0, 0.05) is 6.04 Å². The fourth-order valence-corrected chi connectivity index (χ4v) is 3.34. The molecule has 9 nitrogen and oxygen atoms in total. The molecule has 5 N–H and O–H groups in total. The fourth-order valence-electron chi connectivity index (χ4n) is 3.34. The Labute approximate surface area is 153 Å². The Morgan fingerprint density at radius 3 is 2.35 bits per heavy atom. The zero-order valence-corrected chi connectivity index (χ0v) is 15.9. The Kier molecular flexibility index (Phi) is 6.76. The number of aliphatic carboxylic acids is 1. The third kappa shape index (κ3) is 4.72. The van der Waals surface area contributed by atoms with Gasteiger partial charge in [0.1, 0.15) is 0 Å². The zero-order chi connectivity index (χ0) is 20.3. The van der Waals surface area contributed by atoms with E-state index in [2.05, 4.69) is 15.4 Å². The third-order valence-electron chi connectivity index (χ3n) is 5.09. The molecule has 2 amide bonds. The van der Waals surface area contributed by atoms with E-state index in [1.807, 2.05) is 20.8 Å². The predicted molar refractivity (Wildman–Crippen MR) is 92.9 cm³/mol. The van der Waals surface area contributed by atoms with Crippen LogP contribution in [0.25, 0.3) is 0 Å². The summed E-state index contributed by atoms with van der Waals surface area (Å²) >= 11 is 0. The molecule has 1 aliphatic carbocycles. The molecule has 9 heteroatoms. The molecule has 1 saturated carbocycles. The molecule has 26 heavy (non-hydrogen) atoms. The Hall–Kier alpha value is -2.16. The van der Waals surface area contributed by atoms with Gasteiger partial charge in [0.2, 0.25) is 11.4 Å². The minimum absolute atomic E-state index is 0.157. The molecule has 4 atom stereocenters. The first-order valence-corrected chi connectivity index (χ1v) is 8.54. The van der Waals surface area contributed by atoms with Crippen molar-refractivity contribution < 1.29 is 29.0 Å². The first-order valence-electron chi connectivity index (χ1n) is 8.54. The maximum Gasteiger partial charge on any atom is 0.341 e. The van der Waals surface area contributed by atoms with Crippen molar-refractivity contribution in [3.63, 3.8) is 0 Å². The van der Waals surface area contributed by atoms with Crippen LogP contribution in [0.3, 0.4) is 0 Å². The summed E-state index contributed by atoms with van der Waals surface area (Å²) < 4.78 is 4.67. The lowest BCUT2D eigenvalue weighted by Crippen LogP contribution is -2.66. The van der Waals surface area contributed by atoms with Gasteiger partial charge >= 0.3 is 11.9 Å². The van der Waals surface area contributed by atoms with Gasteiger partial charge in [-0.3, -0.25) is 14.4 Å². The highest BCUT2D eigenvalue weighted by Gasteiger charge is 2.48. The molecule has 1 fully saturated rings. The standard InChI is InChI=1S/C17H29N3O6/c1-9-6-7-16(2,3)12(9)19-14(24)17(4,15(25)26-5)20-13(23)10(18)8-11(21)22/h9-10,12H,6-8,18H2,1-5H3,(H,19,24)(H,20,23)(H,21,22)/t9?,10-,12?,17-/m0/s1. The summed E-state index contributed by atoms with van der Waals surface area (Å²) in [6, 6.07) is -1.57. The largest absolute Gasteiger partial charge is 0.481 e. The van der Waals surface area contributed by atoms with Gasteiger partial charge in [-0.15, -0.1) is 0 Å². The Balaban J connectivity index is 3.00. The number of carbonyl (C=O) groups excluding carboxylic acids is 3. The number of hydrogen-bond acceptors (Lipinski definition) is 6. The predicted octanol–water partition coefficient (Wildman–Crippen LogP) is -0.223. The van der Waals surface area contributed by atoms with Gasteiger partial charge in [0.15, 0.2) is 0 Å². The van der Waals surface area contributed by atoms with E-state index in [9.17, 15) is 19.2 Å². The topological polar surface area (TPSA) is 148 Å². The lowest BCUT2D eigenvalue weighted by Gasteiger charge is -2.34. The summed E-state index contributed by atoms with van der Waals surface area (Å²) in [5.41, 5.74) is 3.35. The summed E-state index contributed by atoms with van der Waals surface area (Å²) in [5.74, 6) is -3.66. The summed E-state index contributed by atoms with van der Waals surface area (Å²) in [4.78, 5) is 47.9. The molecule has 0 heterocycles. The molecule has 0 aromatic carbocycles. The monoisotopic (exact) mass is 371 g/mol. The summed E-state index contributed by atoms with van der Waals surface area (Å²) in [5, 5.41) is 13.8. The quantitative estimate of drug-likeness (QED) is 0.357. The first kappa shape index (κ1) is 21.9. The van der Waals surface area contributed by atoms with Crippen molar-refractivity contribution in [1.82, 2.24) is 10.6 Å². The normalized spacial score (nSPS) is 24.8. The fraction of sp³-hybridized carbons (Fsp3) is 0.765. The van der Waals surface area contributed by atoms with E-state index in [4.69, 9.17) is 10.8 Å². The molecular formula is C17H29N3O6. The van der Waals surface area contributed by atoms with Crippen LogP contribution < -0.4 is 16.4 Å². The number of carboxylic acid groups (broad SMARTS) is 1. The van der Waals surface area contributed by atoms with Gasteiger partial charge in [-0.05, 0) is 31.1 Å². The average Bonchev–Trinajstić information content (AvgIpc) is 2.79. The van der Waals surface area contributed by atoms with E-state index in [0.717, 1.165) is 20.0 Å². The lowest BCUT2D eigenvalue weighted by atomic mass is 9.84. The molecular weight excluding hydrogens is 342 g/mol. The van der Waals surface area contributed by atoms with Crippen LogP contribution in [-0.2, 0) is 23.9 Å². The Morgan fingerprint density at radius 2 is 1.92 bits per heavy atom. The number of esters is 1. The molecule has 2 unspecified atom stereocenters. The van der Waals surface area contributed by atoms with Gasteiger partial charge in [0.05, 0.1) is 19.6 Å². The number of hydrogen-bond donors (Lipinski definition) is 4. The lowest BCUT2D eigenvalue weighted by molar-refractivity contribution is -0.156. The molecule has 148 valence electrons. The van der Waals surface area contributed by atoms with Gasteiger partial charge in [-0.2, -0.15) is 0 Å². The van der Waals surface area contributed by atoms with Crippen molar-refractivity contribution in [2.24, 2.45) is 17.1 Å². The third-order valence-corrected chi connectivity index (χ3v) is 5.09. The van der Waals surface area contributed by atoms with Crippen molar-refractivity contribution in [3.8, 4) is 0 Å². The van der Waals surface area contributed by atoms with Gasteiger partial charge in [-0.25, -0.2) is 4.79 Å². The van der Waals surface area contributed by atoms with E-state index < -0.39 is 41.8 Å². The average molecular weight is 371 g/mol. The molecule has 0 aromatic heterocycles. The number of nitrogens with one attached hydrogen (secondary N) is 2. The zero-order valence-electron chi connectivity index (χ0n) is 15.9. The molecule has 0 aliphatic heterocycles. The second kappa shape index (κ2) is 8.03. The van der Waals surface area contributed by atoms with Gasteiger partial charge in [-0.1, -0.05) is 20.8 Å². The van der Waals surface area contributed by atoms with Crippen LogP contribution >= 0.6 is 0 Å². The smallest absolute Gasteiger partial charge is 0.341 e. The van der Waals surface area contributed by atoms with Gasteiger partial charge in [0.25, 0.3) is 5.91 Å². The Morgan fingerprint density at radius 1 is 1.35 bits per heavy atom. The van der Waals surface area contributed by atoms with Crippen molar-refractivity contribution in [2.75, 3.05) is 7.11 Å². The van der Waals surface area contributed by atoms with Crippen molar-refractivity contribution in [3.05, 3.63) is 0 Å². The number of methoxy groups -OCH3 is 1. The molecule has 0 radical (unpaired) electrons. The number of ether oxygens (including phenoxy) is 1. The SMILES string of the molecule is COC(=O)[C@@](C)(NC(=O)[C@@H](N)CC(=O)O)C(=O)NC1C(C)CCC1(C)C. The molecule has 0 saturated heterocycles. The maximum absolute atomic E-state index is 12.9. The van der Waals surface area contributed by atoms with Crippen molar-refractivity contribution in [1.29, 1.82) is 0 Å². The second-order valence-corrected chi connectivity index (χ2v) is 7.77. The van der Waals surface area contributed by atoms with Crippen LogP contribution in [0.1, 0.15) is 47.0 Å². The highest BCUT2D eigenvalue weighted by molar-refractivity contribution is 6.10. The summed E-state index contributed by atoms with van der Waals surface area (Å²) in [7, 11) is 1.10.